The molecule has 4 nitrogen and oxygen atoms in total. The number of carbonyl (C=O) groups excluding carboxylic acids is 1. The number of nitrogens with zero attached hydrogens (tertiary/aromatic N) is 1. The summed E-state index contributed by atoms with van der Waals surface area (Å²) in [5, 5.41) is 9.23. The van der Waals surface area contributed by atoms with Gasteiger partial charge in [0.05, 0.1) is 0 Å². The number of carbonyl (C=O) groups is 1. The second-order valence-corrected chi connectivity index (χ2v) is 3.22. The fourth-order valence-corrected chi connectivity index (χ4v) is 1.26. The van der Waals surface area contributed by atoms with Crippen molar-refractivity contribution >= 4 is 5.91 Å². The van der Waals surface area contributed by atoms with Crippen LogP contribution < -0.4 is 5.73 Å². The van der Waals surface area contributed by atoms with Crippen LogP contribution >= 0.6 is 0 Å². The lowest BCUT2D eigenvalue weighted by atomic mass is 10.2. The molecule has 0 saturated carbocycles. The van der Waals surface area contributed by atoms with Gasteiger partial charge in [-0.2, -0.15) is 0 Å². The third-order valence-electron chi connectivity index (χ3n) is 1.84. The van der Waals surface area contributed by atoms with Crippen molar-refractivity contribution in [3.8, 4) is 0 Å². The van der Waals surface area contributed by atoms with Gasteiger partial charge in [0.25, 0.3) is 0 Å². The fraction of sp³-hybridized carbons (Fsp3) is 0.889. The van der Waals surface area contributed by atoms with Crippen LogP contribution in [-0.2, 0) is 4.79 Å². The number of aliphatic hydroxyl groups excluding tert-OH is 1. The van der Waals surface area contributed by atoms with Crippen molar-refractivity contribution in [2.24, 2.45) is 5.73 Å². The molecule has 0 aromatic carbocycles. The Labute approximate surface area is 79.7 Å². The highest BCUT2D eigenvalue weighted by Gasteiger charge is 2.14. The van der Waals surface area contributed by atoms with Gasteiger partial charge in [-0.3, -0.25) is 4.79 Å². The van der Waals surface area contributed by atoms with E-state index in [9.17, 15) is 9.90 Å². The number of primary amides is 1. The molecule has 78 valence electrons. The average Bonchev–Trinajstić information content (AvgIpc) is 2.05. The number of rotatable bonds is 7. The lowest BCUT2D eigenvalue weighted by Crippen LogP contribution is -2.40. The van der Waals surface area contributed by atoms with Gasteiger partial charge in [0.2, 0.25) is 5.91 Å². The summed E-state index contributed by atoms with van der Waals surface area (Å²) in [6.07, 6.45) is 1.01. The minimum absolute atomic E-state index is 0.358. The SMILES string of the molecule is CCCN(CCC)CC(O)C(N)=O. The van der Waals surface area contributed by atoms with E-state index in [-0.39, 0.29) is 0 Å². The van der Waals surface area contributed by atoms with Gasteiger partial charge in [0.1, 0.15) is 6.10 Å². The molecule has 0 bridgehead atoms. The van der Waals surface area contributed by atoms with Gasteiger partial charge in [-0.1, -0.05) is 13.8 Å². The van der Waals surface area contributed by atoms with Gasteiger partial charge >= 0.3 is 0 Å². The van der Waals surface area contributed by atoms with E-state index in [0.29, 0.717) is 6.54 Å². The molecule has 1 atom stereocenters. The first-order valence-corrected chi connectivity index (χ1v) is 4.81. The summed E-state index contributed by atoms with van der Waals surface area (Å²) in [5.74, 6) is -0.641. The maximum atomic E-state index is 10.6. The first-order chi connectivity index (χ1) is 6.11. The van der Waals surface area contributed by atoms with E-state index < -0.39 is 12.0 Å². The van der Waals surface area contributed by atoms with Crippen molar-refractivity contribution in [2.75, 3.05) is 19.6 Å². The molecule has 0 rings (SSSR count). The maximum absolute atomic E-state index is 10.6. The third-order valence-corrected chi connectivity index (χ3v) is 1.84. The van der Waals surface area contributed by atoms with Gasteiger partial charge in [0.15, 0.2) is 0 Å². The number of nitrogens with two attached hydrogens (primary N) is 1. The molecule has 0 aliphatic carbocycles. The van der Waals surface area contributed by atoms with Crippen LogP contribution in [0.5, 0.6) is 0 Å². The van der Waals surface area contributed by atoms with E-state index in [2.05, 4.69) is 18.7 Å². The van der Waals surface area contributed by atoms with Gasteiger partial charge in [0, 0.05) is 6.54 Å². The summed E-state index contributed by atoms with van der Waals surface area (Å²) in [6.45, 7) is 6.30. The number of amides is 1. The Morgan fingerprint density at radius 1 is 1.38 bits per heavy atom. The standard InChI is InChI=1S/C9H20N2O2/c1-3-5-11(6-4-2)7-8(12)9(10)13/h8,12H,3-7H2,1-2H3,(H2,10,13). The smallest absolute Gasteiger partial charge is 0.247 e. The predicted octanol–water partition coefficient (Wildman–Crippen LogP) is -0.0454. The first kappa shape index (κ1) is 12.4. The largest absolute Gasteiger partial charge is 0.382 e. The second-order valence-electron chi connectivity index (χ2n) is 3.22. The number of hydrogen-bond donors (Lipinski definition) is 2. The molecule has 3 N–H and O–H groups in total. The van der Waals surface area contributed by atoms with Crippen LogP contribution in [0.3, 0.4) is 0 Å². The summed E-state index contributed by atoms with van der Waals surface area (Å²) in [4.78, 5) is 12.6. The van der Waals surface area contributed by atoms with Crippen molar-refractivity contribution in [3.63, 3.8) is 0 Å². The Morgan fingerprint density at radius 2 is 1.85 bits per heavy atom. The van der Waals surface area contributed by atoms with Crippen molar-refractivity contribution < 1.29 is 9.90 Å². The van der Waals surface area contributed by atoms with E-state index in [1.807, 2.05) is 0 Å². The highest BCUT2D eigenvalue weighted by atomic mass is 16.3. The second kappa shape index (κ2) is 6.86. The lowest BCUT2D eigenvalue weighted by Gasteiger charge is -2.22. The summed E-state index contributed by atoms with van der Waals surface area (Å²) < 4.78 is 0. The van der Waals surface area contributed by atoms with Gasteiger partial charge < -0.3 is 15.7 Å². The minimum atomic E-state index is -1.03. The molecule has 13 heavy (non-hydrogen) atoms. The van der Waals surface area contributed by atoms with Crippen molar-refractivity contribution in [3.05, 3.63) is 0 Å². The Morgan fingerprint density at radius 3 is 2.15 bits per heavy atom. The third kappa shape index (κ3) is 5.60. The zero-order valence-electron chi connectivity index (χ0n) is 8.49. The van der Waals surface area contributed by atoms with E-state index in [0.717, 1.165) is 25.9 Å². The Hall–Kier alpha value is -0.610. The predicted molar refractivity (Wildman–Crippen MR) is 52.2 cm³/mol. The summed E-state index contributed by atoms with van der Waals surface area (Å²) in [5.41, 5.74) is 4.96. The topological polar surface area (TPSA) is 66.6 Å². The molecule has 0 aliphatic rings. The summed E-state index contributed by atoms with van der Waals surface area (Å²) >= 11 is 0. The Kier molecular flexibility index (Phi) is 6.54. The molecule has 0 saturated heterocycles. The maximum Gasteiger partial charge on any atom is 0.247 e. The van der Waals surface area contributed by atoms with E-state index >= 15 is 0 Å². The number of aliphatic hydroxyl groups is 1. The average molecular weight is 188 g/mol. The Balaban J connectivity index is 3.85. The highest BCUT2D eigenvalue weighted by molar-refractivity contribution is 5.78. The molecule has 0 radical (unpaired) electrons. The summed E-state index contributed by atoms with van der Waals surface area (Å²) in [6, 6.07) is 0. The van der Waals surface area contributed by atoms with E-state index in [1.54, 1.807) is 0 Å². The quantitative estimate of drug-likeness (QED) is 0.589. The molecule has 1 amide bonds. The molecule has 0 aromatic rings. The van der Waals surface area contributed by atoms with Crippen LogP contribution in [0.1, 0.15) is 26.7 Å². The fourth-order valence-electron chi connectivity index (χ4n) is 1.26. The highest BCUT2D eigenvalue weighted by Crippen LogP contribution is 1.96. The van der Waals surface area contributed by atoms with Crippen LogP contribution in [0.2, 0.25) is 0 Å². The molecular formula is C9H20N2O2. The van der Waals surface area contributed by atoms with E-state index in [1.165, 1.54) is 0 Å². The zero-order chi connectivity index (χ0) is 10.3. The molecular weight excluding hydrogens is 168 g/mol. The molecule has 4 heteroatoms. The monoisotopic (exact) mass is 188 g/mol. The van der Waals surface area contributed by atoms with Crippen LogP contribution in [0.15, 0.2) is 0 Å². The Bertz CT molecular complexity index is 145. The molecule has 0 aromatic heterocycles. The van der Waals surface area contributed by atoms with Crippen LogP contribution in [0.4, 0.5) is 0 Å². The zero-order valence-corrected chi connectivity index (χ0v) is 8.49. The molecule has 0 fully saturated rings. The lowest BCUT2D eigenvalue weighted by molar-refractivity contribution is -0.126. The van der Waals surface area contributed by atoms with Crippen LogP contribution in [0.25, 0.3) is 0 Å². The van der Waals surface area contributed by atoms with Crippen molar-refractivity contribution in [2.45, 2.75) is 32.8 Å². The first-order valence-electron chi connectivity index (χ1n) is 4.81. The minimum Gasteiger partial charge on any atom is -0.382 e. The van der Waals surface area contributed by atoms with Gasteiger partial charge in [-0.15, -0.1) is 0 Å². The van der Waals surface area contributed by atoms with Crippen molar-refractivity contribution in [1.29, 1.82) is 0 Å². The van der Waals surface area contributed by atoms with Crippen LogP contribution in [0, 0.1) is 0 Å². The van der Waals surface area contributed by atoms with E-state index in [4.69, 9.17) is 5.73 Å². The van der Waals surface area contributed by atoms with Gasteiger partial charge in [-0.05, 0) is 25.9 Å². The molecule has 0 aliphatic heterocycles. The number of hydrogen-bond acceptors (Lipinski definition) is 3. The molecule has 0 spiro atoms. The van der Waals surface area contributed by atoms with Crippen molar-refractivity contribution in [1.82, 2.24) is 4.90 Å². The van der Waals surface area contributed by atoms with Gasteiger partial charge in [-0.25, -0.2) is 0 Å². The molecule has 0 heterocycles. The normalized spacial score (nSPS) is 13.2. The molecule has 1 unspecified atom stereocenters. The van der Waals surface area contributed by atoms with Crippen LogP contribution in [-0.4, -0.2) is 41.7 Å². The summed E-state index contributed by atoms with van der Waals surface area (Å²) in [7, 11) is 0.